The normalized spacial score (nSPS) is 16.5. The minimum atomic E-state index is -0.0250. The highest BCUT2D eigenvalue weighted by Crippen LogP contribution is 2.33. The van der Waals surface area contributed by atoms with Gasteiger partial charge in [0.2, 0.25) is 5.91 Å². The third-order valence-electron chi connectivity index (χ3n) is 5.35. The van der Waals surface area contributed by atoms with Crippen molar-refractivity contribution in [2.45, 2.75) is 26.3 Å². The van der Waals surface area contributed by atoms with Crippen molar-refractivity contribution in [3.63, 3.8) is 0 Å². The summed E-state index contributed by atoms with van der Waals surface area (Å²) in [6, 6.07) is 13.8. The summed E-state index contributed by atoms with van der Waals surface area (Å²) in [6.07, 6.45) is 1.89. The number of amides is 1. The lowest BCUT2D eigenvalue weighted by Gasteiger charge is -2.31. The lowest BCUT2D eigenvalue weighted by Crippen LogP contribution is -2.42. The van der Waals surface area contributed by atoms with E-state index in [1.807, 2.05) is 49.4 Å². The quantitative estimate of drug-likeness (QED) is 0.614. The zero-order valence-electron chi connectivity index (χ0n) is 17.4. The van der Waals surface area contributed by atoms with Crippen LogP contribution in [0.15, 0.2) is 42.5 Å². The third kappa shape index (κ3) is 4.67. The molecule has 0 radical (unpaired) electrons. The van der Waals surface area contributed by atoms with Gasteiger partial charge < -0.3 is 19.7 Å². The monoisotopic (exact) mass is 425 g/mol. The van der Waals surface area contributed by atoms with Crippen LogP contribution >= 0.6 is 11.3 Å². The molecule has 1 aliphatic heterocycles. The molecule has 0 saturated carbocycles. The lowest BCUT2D eigenvalue weighted by atomic mass is 9.97. The van der Waals surface area contributed by atoms with E-state index in [9.17, 15) is 4.79 Å². The molecule has 1 aliphatic rings. The highest BCUT2D eigenvalue weighted by atomic mass is 32.1. The van der Waals surface area contributed by atoms with Gasteiger partial charge in [0.25, 0.3) is 0 Å². The van der Waals surface area contributed by atoms with E-state index >= 15 is 0 Å². The number of hydrogen-bond donors (Lipinski definition) is 1. The molecule has 4 rings (SSSR count). The summed E-state index contributed by atoms with van der Waals surface area (Å²) in [5, 5.41) is 4.06. The van der Waals surface area contributed by atoms with Gasteiger partial charge in [-0.1, -0.05) is 23.5 Å². The second-order valence-corrected chi connectivity index (χ2v) is 8.42. The van der Waals surface area contributed by atoms with E-state index in [4.69, 9.17) is 14.5 Å². The van der Waals surface area contributed by atoms with Crippen LogP contribution in [0.25, 0.3) is 10.2 Å². The molecule has 1 N–H and O–H groups in total. The fourth-order valence-electron chi connectivity index (χ4n) is 3.73. The van der Waals surface area contributed by atoms with Gasteiger partial charge in [0.05, 0.1) is 29.9 Å². The molecule has 3 aromatic rings. The molecule has 0 unspecified atom stereocenters. The summed E-state index contributed by atoms with van der Waals surface area (Å²) in [7, 11) is 1.65. The molecule has 1 fully saturated rings. The number of ether oxygens (including phenoxy) is 2. The molecule has 6 nitrogen and oxygen atoms in total. The molecule has 1 aromatic heterocycles. The Balaban J connectivity index is 1.38. The molecular formula is C23H27N3O3S. The van der Waals surface area contributed by atoms with Gasteiger partial charge in [0, 0.05) is 19.6 Å². The van der Waals surface area contributed by atoms with Crippen molar-refractivity contribution >= 4 is 32.6 Å². The number of methoxy groups -OCH3 is 1. The Labute approximate surface area is 180 Å². The first kappa shape index (κ1) is 20.5. The standard InChI is InChI=1S/C23H27N3O3S/c1-3-29-19-10-11-20-21(13-19)30-23(25-20)26-12-4-5-17(15-26)22(27)24-14-16-6-8-18(28-2)9-7-16/h6-11,13,17H,3-5,12,14-15H2,1-2H3,(H,24,27)/t17-/m0/s1. The molecule has 0 bridgehead atoms. The van der Waals surface area contributed by atoms with Gasteiger partial charge in [-0.3, -0.25) is 4.79 Å². The van der Waals surface area contributed by atoms with E-state index in [-0.39, 0.29) is 11.8 Å². The predicted octanol–water partition coefficient (Wildman–Crippen LogP) is 4.24. The summed E-state index contributed by atoms with van der Waals surface area (Å²) < 4.78 is 11.9. The van der Waals surface area contributed by atoms with Crippen molar-refractivity contribution < 1.29 is 14.3 Å². The van der Waals surface area contributed by atoms with Gasteiger partial charge in [0.1, 0.15) is 11.5 Å². The number of hydrogen-bond acceptors (Lipinski definition) is 6. The van der Waals surface area contributed by atoms with Crippen LogP contribution in [0, 0.1) is 5.92 Å². The number of rotatable bonds is 7. The van der Waals surface area contributed by atoms with Gasteiger partial charge in [-0.25, -0.2) is 4.98 Å². The molecule has 0 spiro atoms. The van der Waals surface area contributed by atoms with Crippen LogP contribution in [0.2, 0.25) is 0 Å². The van der Waals surface area contributed by atoms with Gasteiger partial charge in [-0.05, 0) is 55.7 Å². The minimum Gasteiger partial charge on any atom is -0.497 e. The van der Waals surface area contributed by atoms with E-state index < -0.39 is 0 Å². The zero-order chi connectivity index (χ0) is 20.9. The maximum atomic E-state index is 12.8. The van der Waals surface area contributed by atoms with Gasteiger partial charge in [-0.15, -0.1) is 0 Å². The van der Waals surface area contributed by atoms with Crippen molar-refractivity contribution in [2.75, 3.05) is 31.7 Å². The summed E-state index contributed by atoms with van der Waals surface area (Å²) in [5.41, 5.74) is 2.04. The highest BCUT2D eigenvalue weighted by molar-refractivity contribution is 7.22. The lowest BCUT2D eigenvalue weighted by molar-refractivity contribution is -0.125. The summed E-state index contributed by atoms with van der Waals surface area (Å²) in [6.45, 7) is 4.79. The fourth-order valence-corrected chi connectivity index (χ4v) is 4.76. The molecule has 2 heterocycles. The second kappa shape index (κ2) is 9.34. The molecule has 30 heavy (non-hydrogen) atoms. The van der Waals surface area contributed by atoms with Crippen molar-refractivity contribution in [2.24, 2.45) is 5.92 Å². The average Bonchev–Trinajstić information content (AvgIpc) is 3.22. The Morgan fingerprint density at radius 1 is 1.23 bits per heavy atom. The number of benzene rings is 2. The molecule has 0 aliphatic carbocycles. The molecular weight excluding hydrogens is 398 g/mol. The van der Waals surface area contributed by atoms with Crippen LogP contribution in [0.1, 0.15) is 25.3 Å². The molecule has 1 amide bonds. The fraction of sp³-hybridized carbons (Fsp3) is 0.391. The Kier molecular flexibility index (Phi) is 6.38. The maximum absolute atomic E-state index is 12.8. The zero-order valence-corrected chi connectivity index (χ0v) is 18.2. The number of piperidine rings is 1. The Morgan fingerprint density at radius 2 is 2.03 bits per heavy atom. The summed E-state index contributed by atoms with van der Waals surface area (Å²) in [5.74, 6) is 1.77. The largest absolute Gasteiger partial charge is 0.497 e. The number of carbonyl (C=O) groups is 1. The van der Waals surface area contributed by atoms with Crippen LogP contribution in [0.3, 0.4) is 0 Å². The molecule has 7 heteroatoms. The average molecular weight is 426 g/mol. The number of nitrogens with one attached hydrogen (secondary N) is 1. The van der Waals surface area contributed by atoms with Crippen molar-refractivity contribution in [1.29, 1.82) is 0 Å². The van der Waals surface area contributed by atoms with Crippen molar-refractivity contribution in [3.8, 4) is 11.5 Å². The van der Waals surface area contributed by atoms with E-state index in [0.29, 0.717) is 19.7 Å². The Bertz CT molecular complexity index is 1000. The molecule has 1 saturated heterocycles. The number of fused-ring (bicyclic) bond motifs is 1. The van der Waals surface area contributed by atoms with Crippen LogP contribution in [0.5, 0.6) is 11.5 Å². The first-order chi connectivity index (χ1) is 14.7. The Morgan fingerprint density at radius 3 is 2.80 bits per heavy atom. The van der Waals surface area contributed by atoms with E-state index in [2.05, 4.69) is 10.2 Å². The third-order valence-corrected chi connectivity index (χ3v) is 6.43. The molecule has 1 atom stereocenters. The summed E-state index contributed by atoms with van der Waals surface area (Å²) >= 11 is 1.66. The van der Waals surface area contributed by atoms with Crippen LogP contribution < -0.4 is 19.7 Å². The maximum Gasteiger partial charge on any atom is 0.225 e. The van der Waals surface area contributed by atoms with Crippen LogP contribution in [-0.2, 0) is 11.3 Å². The molecule has 2 aromatic carbocycles. The van der Waals surface area contributed by atoms with Gasteiger partial charge in [0.15, 0.2) is 5.13 Å². The highest BCUT2D eigenvalue weighted by Gasteiger charge is 2.27. The minimum absolute atomic E-state index is 0.0250. The van der Waals surface area contributed by atoms with Crippen LogP contribution in [0.4, 0.5) is 5.13 Å². The SMILES string of the molecule is CCOc1ccc2nc(N3CCC[C@H](C(=O)NCc4ccc(OC)cc4)C3)sc2c1. The topological polar surface area (TPSA) is 63.7 Å². The number of thiazole rings is 1. The van der Waals surface area contributed by atoms with E-state index in [1.165, 1.54) is 0 Å². The second-order valence-electron chi connectivity index (χ2n) is 7.41. The Hall–Kier alpha value is -2.80. The van der Waals surface area contributed by atoms with Crippen molar-refractivity contribution in [1.82, 2.24) is 10.3 Å². The van der Waals surface area contributed by atoms with E-state index in [1.54, 1.807) is 18.4 Å². The number of anilines is 1. The first-order valence-electron chi connectivity index (χ1n) is 10.3. The number of carbonyl (C=O) groups excluding carboxylic acids is 1. The van der Waals surface area contributed by atoms with Gasteiger partial charge in [-0.2, -0.15) is 0 Å². The smallest absolute Gasteiger partial charge is 0.225 e. The number of aromatic nitrogens is 1. The van der Waals surface area contributed by atoms with Crippen LogP contribution in [-0.4, -0.2) is 37.7 Å². The number of nitrogens with zero attached hydrogens (tertiary/aromatic N) is 2. The predicted molar refractivity (Wildman–Crippen MR) is 121 cm³/mol. The summed E-state index contributed by atoms with van der Waals surface area (Å²) in [4.78, 5) is 19.8. The molecule has 158 valence electrons. The first-order valence-corrected chi connectivity index (χ1v) is 11.2. The van der Waals surface area contributed by atoms with E-state index in [0.717, 1.165) is 51.8 Å². The van der Waals surface area contributed by atoms with Crippen molar-refractivity contribution in [3.05, 3.63) is 48.0 Å². The van der Waals surface area contributed by atoms with Gasteiger partial charge >= 0.3 is 0 Å².